The van der Waals surface area contributed by atoms with Crippen molar-refractivity contribution in [3.63, 3.8) is 0 Å². The summed E-state index contributed by atoms with van der Waals surface area (Å²) in [5.74, 6) is 0.933. The standard InChI is InChI=1S/C15H20N2O3/c1-10-4-3-5-14(11(10)2)16-15(18)12-6-8-13(9-7-12)17(19)20/h6-11,14H,3-5H2,1-2H3,(H,16,18)/t10-,11+,14+/m0/s1. The largest absolute Gasteiger partial charge is 0.349 e. The van der Waals surface area contributed by atoms with Crippen LogP contribution in [0.1, 0.15) is 43.5 Å². The van der Waals surface area contributed by atoms with Crippen LogP contribution in [0.4, 0.5) is 5.69 Å². The molecule has 0 heterocycles. The highest BCUT2D eigenvalue weighted by Gasteiger charge is 2.28. The van der Waals surface area contributed by atoms with Crippen molar-refractivity contribution in [1.29, 1.82) is 0 Å². The molecule has 1 aliphatic carbocycles. The summed E-state index contributed by atoms with van der Waals surface area (Å²) in [7, 11) is 0. The third-order valence-corrected chi connectivity index (χ3v) is 4.36. The lowest BCUT2D eigenvalue weighted by Gasteiger charge is -2.34. The number of nitrogens with one attached hydrogen (secondary N) is 1. The first-order valence-electron chi connectivity index (χ1n) is 7.04. The van der Waals surface area contributed by atoms with Crippen molar-refractivity contribution in [3.05, 3.63) is 39.9 Å². The molecule has 0 radical (unpaired) electrons. The third-order valence-electron chi connectivity index (χ3n) is 4.36. The normalized spacial score (nSPS) is 26.0. The van der Waals surface area contributed by atoms with Gasteiger partial charge in [-0.15, -0.1) is 0 Å². The number of rotatable bonds is 3. The summed E-state index contributed by atoms with van der Waals surface area (Å²) in [5, 5.41) is 13.6. The zero-order valence-corrected chi connectivity index (χ0v) is 11.8. The fourth-order valence-electron chi connectivity index (χ4n) is 2.77. The molecular weight excluding hydrogens is 256 g/mol. The van der Waals surface area contributed by atoms with Gasteiger partial charge in [0.25, 0.3) is 11.6 Å². The van der Waals surface area contributed by atoms with Gasteiger partial charge in [-0.1, -0.05) is 26.7 Å². The van der Waals surface area contributed by atoms with Gasteiger partial charge in [-0.25, -0.2) is 0 Å². The molecule has 1 N–H and O–H groups in total. The molecule has 1 aliphatic rings. The van der Waals surface area contributed by atoms with E-state index in [0.29, 0.717) is 17.4 Å². The Morgan fingerprint density at radius 3 is 2.50 bits per heavy atom. The number of carbonyl (C=O) groups excluding carboxylic acids is 1. The number of nitro benzene ring substituents is 1. The summed E-state index contributed by atoms with van der Waals surface area (Å²) in [6.07, 6.45) is 3.35. The first kappa shape index (κ1) is 14.5. The molecule has 0 aromatic heterocycles. The van der Waals surface area contributed by atoms with Gasteiger partial charge in [0.05, 0.1) is 4.92 Å². The Morgan fingerprint density at radius 1 is 1.25 bits per heavy atom. The molecule has 3 atom stereocenters. The van der Waals surface area contributed by atoms with E-state index in [2.05, 4.69) is 19.2 Å². The Kier molecular flexibility index (Phi) is 4.37. The van der Waals surface area contributed by atoms with Crippen LogP contribution in [0.5, 0.6) is 0 Å². The Balaban J connectivity index is 2.02. The summed E-state index contributed by atoms with van der Waals surface area (Å²) in [4.78, 5) is 22.3. The number of benzene rings is 1. The van der Waals surface area contributed by atoms with Crippen LogP contribution in [0.3, 0.4) is 0 Å². The van der Waals surface area contributed by atoms with Gasteiger partial charge in [0.2, 0.25) is 0 Å². The van der Waals surface area contributed by atoms with Gasteiger partial charge in [0, 0.05) is 23.7 Å². The van der Waals surface area contributed by atoms with Gasteiger partial charge in [0.15, 0.2) is 0 Å². The molecule has 1 fully saturated rings. The molecule has 0 aliphatic heterocycles. The second kappa shape index (κ2) is 6.03. The molecule has 0 saturated heterocycles. The Bertz CT molecular complexity index is 498. The number of hydrogen-bond donors (Lipinski definition) is 1. The number of nitro groups is 1. The first-order chi connectivity index (χ1) is 9.49. The van der Waals surface area contributed by atoms with Crippen molar-refractivity contribution < 1.29 is 9.72 Å². The van der Waals surface area contributed by atoms with Crippen LogP contribution in [-0.4, -0.2) is 16.9 Å². The molecule has 20 heavy (non-hydrogen) atoms. The van der Waals surface area contributed by atoms with E-state index in [9.17, 15) is 14.9 Å². The van der Waals surface area contributed by atoms with E-state index in [0.717, 1.165) is 12.8 Å². The lowest BCUT2D eigenvalue weighted by Crippen LogP contribution is -2.43. The summed E-state index contributed by atoms with van der Waals surface area (Å²) < 4.78 is 0. The van der Waals surface area contributed by atoms with E-state index in [1.165, 1.54) is 30.7 Å². The summed E-state index contributed by atoms with van der Waals surface area (Å²) in [5.41, 5.74) is 0.474. The maximum Gasteiger partial charge on any atom is 0.269 e. The molecule has 0 bridgehead atoms. The third kappa shape index (κ3) is 3.15. The van der Waals surface area contributed by atoms with E-state index in [1.807, 2.05) is 0 Å². The molecule has 1 amide bonds. The fraction of sp³-hybridized carbons (Fsp3) is 0.533. The fourth-order valence-corrected chi connectivity index (χ4v) is 2.77. The maximum atomic E-state index is 12.2. The monoisotopic (exact) mass is 276 g/mol. The second-order valence-corrected chi connectivity index (χ2v) is 5.65. The Labute approximate surface area is 118 Å². The summed E-state index contributed by atoms with van der Waals surface area (Å²) in [6.45, 7) is 4.39. The second-order valence-electron chi connectivity index (χ2n) is 5.65. The lowest BCUT2D eigenvalue weighted by atomic mass is 9.78. The van der Waals surface area contributed by atoms with Crippen LogP contribution < -0.4 is 5.32 Å². The van der Waals surface area contributed by atoms with Crippen molar-refractivity contribution in [2.45, 2.75) is 39.2 Å². The Hall–Kier alpha value is -1.91. The molecule has 2 rings (SSSR count). The van der Waals surface area contributed by atoms with Crippen molar-refractivity contribution in [2.24, 2.45) is 11.8 Å². The zero-order valence-electron chi connectivity index (χ0n) is 11.8. The minimum absolute atomic E-state index is 0.00112. The van der Waals surface area contributed by atoms with Crippen LogP contribution in [0.2, 0.25) is 0 Å². The average Bonchev–Trinajstić information content (AvgIpc) is 2.44. The van der Waals surface area contributed by atoms with Crippen LogP contribution in [0, 0.1) is 22.0 Å². The highest BCUT2D eigenvalue weighted by Crippen LogP contribution is 2.29. The molecule has 1 saturated carbocycles. The van der Waals surface area contributed by atoms with Crippen molar-refractivity contribution in [3.8, 4) is 0 Å². The van der Waals surface area contributed by atoms with Gasteiger partial charge in [0.1, 0.15) is 0 Å². The van der Waals surface area contributed by atoms with Gasteiger partial charge in [-0.3, -0.25) is 14.9 Å². The SMILES string of the molecule is C[C@@H]1[C@@H](C)CCC[C@H]1NC(=O)c1ccc([N+](=O)[O-])cc1. The molecule has 1 aromatic rings. The quantitative estimate of drug-likeness (QED) is 0.681. The minimum atomic E-state index is -0.466. The van der Waals surface area contributed by atoms with Gasteiger partial charge < -0.3 is 5.32 Å². The van der Waals surface area contributed by atoms with E-state index >= 15 is 0 Å². The zero-order chi connectivity index (χ0) is 14.7. The lowest BCUT2D eigenvalue weighted by molar-refractivity contribution is -0.384. The predicted octanol–water partition coefficient (Wildman–Crippen LogP) is 3.15. The average molecular weight is 276 g/mol. The number of nitrogens with zero attached hydrogens (tertiary/aromatic N) is 1. The predicted molar refractivity (Wildman–Crippen MR) is 76.5 cm³/mol. The maximum absolute atomic E-state index is 12.2. The van der Waals surface area contributed by atoms with E-state index < -0.39 is 4.92 Å². The summed E-state index contributed by atoms with van der Waals surface area (Å²) >= 11 is 0. The van der Waals surface area contributed by atoms with E-state index in [-0.39, 0.29) is 17.6 Å². The van der Waals surface area contributed by atoms with Crippen LogP contribution >= 0.6 is 0 Å². The molecular formula is C15H20N2O3. The molecule has 108 valence electrons. The Morgan fingerprint density at radius 2 is 1.90 bits per heavy atom. The van der Waals surface area contributed by atoms with Gasteiger partial charge in [-0.2, -0.15) is 0 Å². The minimum Gasteiger partial charge on any atom is -0.349 e. The van der Waals surface area contributed by atoms with Crippen LogP contribution in [0.25, 0.3) is 0 Å². The van der Waals surface area contributed by atoms with E-state index in [4.69, 9.17) is 0 Å². The molecule has 1 aromatic carbocycles. The van der Waals surface area contributed by atoms with Crippen molar-refractivity contribution in [2.75, 3.05) is 0 Å². The first-order valence-corrected chi connectivity index (χ1v) is 7.04. The van der Waals surface area contributed by atoms with Crippen LogP contribution in [0.15, 0.2) is 24.3 Å². The molecule has 0 unspecified atom stereocenters. The van der Waals surface area contributed by atoms with Gasteiger partial charge in [-0.05, 0) is 30.4 Å². The molecule has 5 nitrogen and oxygen atoms in total. The molecule has 5 heteroatoms. The smallest absolute Gasteiger partial charge is 0.269 e. The number of non-ortho nitro benzene ring substituents is 1. The topological polar surface area (TPSA) is 72.2 Å². The van der Waals surface area contributed by atoms with Gasteiger partial charge >= 0.3 is 0 Å². The summed E-state index contributed by atoms with van der Waals surface area (Å²) in [6, 6.07) is 5.93. The number of hydrogen-bond acceptors (Lipinski definition) is 3. The number of carbonyl (C=O) groups is 1. The molecule has 0 spiro atoms. The number of amides is 1. The highest BCUT2D eigenvalue weighted by atomic mass is 16.6. The van der Waals surface area contributed by atoms with Crippen molar-refractivity contribution in [1.82, 2.24) is 5.32 Å². The highest BCUT2D eigenvalue weighted by molar-refractivity contribution is 5.94. The van der Waals surface area contributed by atoms with Crippen molar-refractivity contribution >= 4 is 11.6 Å². The van der Waals surface area contributed by atoms with Crippen LogP contribution in [-0.2, 0) is 0 Å². The van der Waals surface area contributed by atoms with E-state index in [1.54, 1.807) is 0 Å².